The van der Waals surface area contributed by atoms with Gasteiger partial charge in [0.05, 0.1) is 31.0 Å². The molecule has 9 nitrogen and oxygen atoms in total. The van der Waals surface area contributed by atoms with Crippen LogP contribution in [0.4, 0.5) is 4.79 Å². The van der Waals surface area contributed by atoms with Crippen molar-refractivity contribution in [3.05, 3.63) is 35.3 Å². The number of hydrogen-bond donors (Lipinski definition) is 1. The number of oxazole rings is 1. The standard InChI is InChI=1S/C15H20N6O3/c1-10-13(17-9-24-10)14(22)16-7-11-6-12-8-20(15(23)19(2)3)4-5-21(12)18-11/h6,9H,4-5,7-8H2,1-3H3,(H,16,22). The smallest absolute Gasteiger partial charge is 0.319 e. The number of carbonyl (C=O) groups excluding carboxylic acids is 2. The van der Waals surface area contributed by atoms with Crippen molar-refractivity contribution in [3.8, 4) is 0 Å². The fourth-order valence-corrected chi connectivity index (χ4v) is 2.64. The molecule has 0 atom stereocenters. The second kappa shape index (κ2) is 6.34. The third kappa shape index (κ3) is 3.10. The Balaban J connectivity index is 1.63. The molecule has 0 radical (unpaired) electrons. The van der Waals surface area contributed by atoms with Gasteiger partial charge in [0.25, 0.3) is 5.91 Å². The van der Waals surface area contributed by atoms with Crippen LogP contribution in [0, 0.1) is 6.92 Å². The van der Waals surface area contributed by atoms with Crippen molar-refractivity contribution in [1.29, 1.82) is 0 Å². The lowest BCUT2D eigenvalue weighted by Gasteiger charge is -2.29. The Hall–Kier alpha value is -2.84. The highest BCUT2D eigenvalue weighted by molar-refractivity contribution is 5.92. The van der Waals surface area contributed by atoms with E-state index in [9.17, 15) is 9.59 Å². The minimum absolute atomic E-state index is 0.0150. The SMILES string of the molecule is Cc1ocnc1C(=O)NCc1cc2n(n1)CCN(C(=O)N(C)C)C2. The first-order chi connectivity index (χ1) is 11.5. The average Bonchev–Trinajstić information content (AvgIpc) is 3.16. The minimum Gasteiger partial charge on any atom is -0.448 e. The van der Waals surface area contributed by atoms with Gasteiger partial charge in [0.2, 0.25) is 0 Å². The van der Waals surface area contributed by atoms with Crippen LogP contribution in [0.5, 0.6) is 0 Å². The van der Waals surface area contributed by atoms with Crippen LogP contribution in [-0.4, -0.2) is 57.1 Å². The van der Waals surface area contributed by atoms with Gasteiger partial charge in [-0.2, -0.15) is 5.10 Å². The Morgan fingerprint density at radius 2 is 2.17 bits per heavy atom. The molecule has 0 saturated heterocycles. The summed E-state index contributed by atoms with van der Waals surface area (Å²) in [6.07, 6.45) is 1.25. The lowest BCUT2D eigenvalue weighted by molar-refractivity contribution is 0.0944. The Morgan fingerprint density at radius 1 is 1.38 bits per heavy atom. The second-order valence-electron chi connectivity index (χ2n) is 5.89. The van der Waals surface area contributed by atoms with E-state index >= 15 is 0 Å². The molecule has 1 aliphatic heterocycles. The summed E-state index contributed by atoms with van der Waals surface area (Å²) in [5.41, 5.74) is 1.98. The third-order valence-electron chi connectivity index (χ3n) is 3.89. The normalized spacial score (nSPS) is 13.5. The van der Waals surface area contributed by atoms with Crippen LogP contribution in [0.15, 0.2) is 16.9 Å². The van der Waals surface area contributed by atoms with Crippen molar-refractivity contribution >= 4 is 11.9 Å². The number of hydrogen-bond acceptors (Lipinski definition) is 5. The molecule has 0 spiro atoms. The van der Waals surface area contributed by atoms with E-state index in [-0.39, 0.29) is 17.6 Å². The molecule has 3 amide bonds. The van der Waals surface area contributed by atoms with Crippen LogP contribution in [-0.2, 0) is 19.6 Å². The molecular weight excluding hydrogens is 312 g/mol. The van der Waals surface area contributed by atoms with Crippen LogP contribution in [0.25, 0.3) is 0 Å². The Labute approximate surface area is 139 Å². The first kappa shape index (κ1) is 16.0. The van der Waals surface area contributed by atoms with E-state index in [2.05, 4.69) is 15.4 Å². The molecule has 2 aromatic rings. The molecule has 128 valence electrons. The van der Waals surface area contributed by atoms with Crippen molar-refractivity contribution in [2.75, 3.05) is 20.6 Å². The van der Waals surface area contributed by atoms with Crippen molar-refractivity contribution < 1.29 is 14.0 Å². The van der Waals surface area contributed by atoms with E-state index in [1.165, 1.54) is 6.39 Å². The molecule has 0 saturated carbocycles. The number of fused-ring (bicyclic) bond motifs is 1. The van der Waals surface area contributed by atoms with E-state index in [1.54, 1.807) is 30.8 Å². The molecule has 0 aromatic carbocycles. The minimum atomic E-state index is -0.295. The molecular formula is C15H20N6O3. The summed E-state index contributed by atoms with van der Waals surface area (Å²) in [6, 6.07) is 1.89. The monoisotopic (exact) mass is 332 g/mol. The number of aromatic nitrogens is 3. The van der Waals surface area contributed by atoms with E-state index < -0.39 is 0 Å². The molecule has 24 heavy (non-hydrogen) atoms. The Kier molecular flexibility index (Phi) is 4.24. The maximum atomic E-state index is 12.0. The number of aryl methyl sites for hydroxylation is 1. The third-order valence-corrected chi connectivity index (χ3v) is 3.89. The van der Waals surface area contributed by atoms with Crippen LogP contribution in [0.3, 0.4) is 0 Å². The Bertz CT molecular complexity index is 763. The second-order valence-corrected chi connectivity index (χ2v) is 5.89. The molecule has 0 fully saturated rings. The fourth-order valence-electron chi connectivity index (χ4n) is 2.64. The Morgan fingerprint density at radius 3 is 2.83 bits per heavy atom. The highest BCUT2D eigenvalue weighted by Crippen LogP contribution is 2.15. The van der Waals surface area contributed by atoms with Gasteiger partial charge in [-0.05, 0) is 13.0 Å². The summed E-state index contributed by atoms with van der Waals surface area (Å²) in [5.74, 6) is 0.186. The van der Waals surface area contributed by atoms with Crippen molar-refractivity contribution in [1.82, 2.24) is 29.9 Å². The number of carbonyl (C=O) groups is 2. The zero-order valence-electron chi connectivity index (χ0n) is 13.9. The van der Waals surface area contributed by atoms with E-state index in [4.69, 9.17) is 4.42 Å². The number of urea groups is 1. The van der Waals surface area contributed by atoms with Gasteiger partial charge < -0.3 is 19.5 Å². The summed E-state index contributed by atoms with van der Waals surface area (Å²) in [6.45, 7) is 3.77. The molecule has 1 aliphatic rings. The van der Waals surface area contributed by atoms with Gasteiger partial charge in [-0.3, -0.25) is 9.48 Å². The van der Waals surface area contributed by atoms with Gasteiger partial charge in [-0.25, -0.2) is 9.78 Å². The molecule has 0 unspecified atom stereocenters. The molecule has 1 N–H and O–H groups in total. The molecule has 9 heteroatoms. The quantitative estimate of drug-likeness (QED) is 0.888. The fraction of sp³-hybridized carbons (Fsp3) is 0.467. The van der Waals surface area contributed by atoms with Gasteiger partial charge in [-0.15, -0.1) is 0 Å². The number of rotatable bonds is 3. The zero-order valence-corrected chi connectivity index (χ0v) is 13.9. The highest BCUT2D eigenvalue weighted by atomic mass is 16.3. The van der Waals surface area contributed by atoms with Crippen LogP contribution < -0.4 is 5.32 Å². The lowest BCUT2D eigenvalue weighted by atomic mass is 10.3. The predicted molar refractivity (Wildman–Crippen MR) is 84.1 cm³/mol. The summed E-state index contributed by atoms with van der Waals surface area (Å²) in [4.78, 5) is 31.3. The van der Waals surface area contributed by atoms with E-state index in [1.807, 2.05) is 10.7 Å². The number of nitrogens with one attached hydrogen (secondary N) is 1. The van der Waals surface area contributed by atoms with Crippen LogP contribution in [0.2, 0.25) is 0 Å². The zero-order chi connectivity index (χ0) is 17.3. The van der Waals surface area contributed by atoms with Crippen molar-refractivity contribution in [2.45, 2.75) is 26.6 Å². The molecule has 3 rings (SSSR count). The number of nitrogens with zero attached hydrogens (tertiary/aromatic N) is 5. The van der Waals surface area contributed by atoms with Crippen LogP contribution >= 0.6 is 0 Å². The van der Waals surface area contributed by atoms with Gasteiger partial charge in [0, 0.05) is 20.6 Å². The summed E-state index contributed by atoms with van der Waals surface area (Å²) < 4.78 is 6.90. The van der Waals surface area contributed by atoms with Crippen LogP contribution in [0.1, 0.15) is 27.6 Å². The van der Waals surface area contributed by atoms with Crippen molar-refractivity contribution in [2.24, 2.45) is 0 Å². The lowest BCUT2D eigenvalue weighted by Crippen LogP contribution is -2.43. The van der Waals surface area contributed by atoms with Crippen molar-refractivity contribution in [3.63, 3.8) is 0 Å². The van der Waals surface area contributed by atoms with Gasteiger partial charge >= 0.3 is 6.03 Å². The van der Waals surface area contributed by atoms with E-state index in [0.717, 1.165) is 11.4 Å². The van der Waals surface area contributed by atoms with Gasteiger partial charge in [0.15, 0.2) is 12.1 Å². The summed E-state index contributed by atoms with van der Waals surface area (Å²) >= 11 is 0. The predicted octanol–water partition coefficient (Wildman–Crippen LogP) is 0.607. The molecule has 2 aromatic heterocycles. The van der Waals surface area contributed by atoms with Gasteiger partial charge in [-0.1, -0.05) is 0 Å². The number of amides is 3. The largest absolute Gasteiger partial charge is 0.448 e. The summed E-state index contributed by atoms with van der Waals surface area (Å²) in [7, 11) is 3.47. The summed E-state index contributed by atoms with van der Waals surface area (Å²) in [5, 5.41) is 7.25. The molecule has 3 heterocycles. The molecule has 0 aliphatic carbocycles. The first-order valence-electron chi connectivity index (χ1n) is 7.66. The van der Waals surface area contributed by atoms with E-state index in [0.29, 0.717) is 31.9 Å². The highest BCUT2D eigenvalue weighted by Gasteiger charge is 2.23. The maximum Gasteiger partial charge on any atom is 0.319 e. The first-order valence-corrected chi connectivity index (χ1v) is 7.66. The topological polar surface area (TPSA) is 96.5 Å². The molecule has 0 bridgehead atoms. The average molecular weight is 332 g/mol. The van der Waals surface area contributed by atoms with Gasteiger partial charge in [0.1, 0.15) is 5.76 Å². The maximum absolute atomic E-state index is 12.0.